The lowest BCUT2D eigenvalue weighted by molar-refractivity contribution is -0.171. The zero-order chi connectivity index (χ0) is 16.1. The second-order valence-corrected chi connectivity index (χ2v) is 6.76. The summed E-state index contributed by atoms with van der Waals surface area (Å²) in [5, 5.41) is 10.6. The number of aliphatic hydroxyl groups is 1. The summed E-state index contributed by atoms with van der Waals surface area (Å²) in [6, 6.07) is 0.00213. The van der Waals surface area contributed by atoms with Gasteiger partial charge >= 0.3 is 11.9 Å². The van der Waals surface area contributed by atoms with E-state index in [1.807, 2.05) is 6.08 Å². The minimum Gasteiger partial charge on any atom is -0.461 e. The van der Waals surface area contributed by atoms with Crippen LogP contribution in [0.4, 0.5) is 0 Å². The smallest absolute Gasteiger partial charge is 0.311 e. The van der Waals surface area contributed by atoms with Crippen molar-refractivity contribution in [1.82, 2.24) is 4.90 Å². The Balaban J connectivity index is 1.92. The summed E-state index contributed by atoms with van der Waals surface area (Å²) in [7, 11) is 0. The molecule has 5 unspecified atom stereocenters. The van der Waals surface area contributed by atoms with Crippen LogP contribution in [0.5, 0.6) is 0 Å². The van der Waals surface area contributed by atoms with E-state index in [0.717, 1.165) is 25.1 Å². The third-order valence-corrected chi connectivity index (χ3v) is 5.52. The molecule has 0 bridgehead atoms. The maximum atomic E-state index is 12.4. The first-order chi connectivity index (χ1) is 10.3. The molecule has 2 fully saturated rings. The summed E-state index contributed by atoms with van der Waals surface area (Å²) < 4.78 is 11.1. The van der Waals surface area contributed by atoms with E-state index in [1.54, 1.807) is 13.8 Å². The molecule has 3 heterocycles. The van der Waals surface area contributed by atoms with Crippen LogP contribution in [0.25, 0.3) is 0 Å². The highest BCUT2D eigenvalue weighted by molar-refractivity contribution is 5.78. The number of esters is 2. The molecule has 0 radical (unpaired) electrons. The molecule has 5 atom stereocenters. The van der Waals surface area contributed by atoms with Crippen LogP contribution in [0.3, 0.4) is 0 Å². The van der Waals surface area contributed by atoms with Crippen LogP contribution in [0, 0.1) is 11.8 Å². The molecule has 0 aromatic heterocycles. The van der Waals surface area contributed by atoms with Crippen molar-refractivity contribution >= 4 is 11.9 Å². The van der Waals surface area contributed by atoms with Crippen LogP contribution >= 0.6 is 0 Å². The Hall–Kier alpha value is -1.40. The fourth-order valence-electron chi connectivity index (χ4n) is 3.51. The average molecular weight is 309 g/mol. The van der Waals surface area contributed by atoms with Gasteiger partial charge < -0.3 is 14.6 Å². The molecule has 0 amide bonds. The summed E-state index contributed by atoms with van der Waals surface area (Å²) in [4.78, 5) is 26.8. The van der Waals surface area contributed by atoms with E-state index in [1.165, 1.54) is 6.92 Å². The van der Waals surface area contributed by atoms with Crippen LogP contribution in [0.15, 0.2) is 11.6 Å². The van der Waals surface area contributed by atoms with E-state index in [2.05, 4.69) is 4.90 Å². The maximum absolute atomic E-state index is 12.4. The molecule has 0 aliphatic carbocycles. The number of ether oxygens (including phenoxy) is 2. The number of carbonyl (C=O) groups excluding carboxylic acids is 2. The molecule has 6 nitrogen and oxygen atoms in total. The van der Waals surface area contributed by atoms with Crippen molar-refractivity contribution in [3.8, 4) is 0 Å². The number of cyclic esters (lactones) is 1. The van der Waals surface area contributed by atoms with Crippen LogP contribution in [0.2, 0.25) is 0 Å². The van der Waals surface area contributed by atoms with Crippen molar-refractivity contribution in [2.45, 2.75) is 44.9 Å². The highest BCUT2D eigenvalue weighted by Crippen LogP contribution is 2.35. The number of hydrogen-bond donors (Lipinski definition) is 1. The molecule has 6 heteroatoms. The Morgan fingerprint density at radius 1 is 1.27 bits per heavy atom. The summed E-state index contributed by atoms with van der Waals surface area (Å²) in [6.45, 7) is 6.53. The van der Waals surface area contributed by atoms with Crippen molar-refractivity contribution in [3.63, 3.8) is 0 Å². The molecule has 0 saturated carbocycles. The van der Waals surface area contributed by atoms with Gasteiger partial charge in [-0.25, -0.2) is 0 Å². The molecule has 0 aromatic rings. The third-order valence-electron chi connectivity index (χ3n) is 5.52. The van der Waals surface area contributed by atoms with Crippen LogP contribution in [-0.2, 0) is 19.1 Å². The van der Waals surface area contributed by atoms with Crippen molar-refractivity contribution < 1.29 is 24.2 Å². The maximum Gasteiger partial charge on any atom is 0.311 e. The van der Waals surface area contributed by atoms with Gasteiger partial charge in [0.15, 0.2) is 0 Å². The van der Waals surface area contributed by atoms with Gasteiger partial charge in [-0.2, -0.15) is 0 Å². The predicted octanol–water partition coefficient (Wildman–Crippen LogP) is 0.492. The lowest BCUT2D eigenvalue weighted by atomic mass is 9.80. The Bertz CT molecular complexity index is 527. The topological polar surface area (TPSA) is 76.1 Å². The van der Waals surface area contributed by atoms with Crippen molar-refractivity contribution in [1.29, 1.82) is 0 Å². The highest BCUT2D eigenvalue weighted by atomic mass is 16.6. The molecule has 0 aromatic carbocycles. The quantitative estimate of drug-likeness (QED) is 0.518. The van der Waals surface area contributed by atoms with Gasteiger partial charge in [0.25, 0.3) is 0 Å². The van der Waals surface area contributed by atoms with Gasteiger partial charge in [-0.1, -0.05) is 6.08 Å². The van der Waals surface area contributed by atoms with Crippen LogP contribution < -0.4 is 0 Å². The molecule has 0 spiro atoms. The summed E-state index contributed by atoms with van der Waals surface area (Å²) >= 11 is 0. The summed E-state index contributed by atoms with van der Waals surface area (Å²) in [5.74, 6) is -2.53. The molecular weight excluding hydrogens is 286 g/mol. The SMILES string of the molecule is CC1C(=O)OCC2=CCN3CCC(OC(=O)C(C)C1(C)O)C23. The Morgan fingerprint density at radius 2 is 1.95 bits per heavy atom. The van der Waals surface area contributed by atoms with E-state index < -0.39 is 29.4 Å². The largest absolute Gasteiger partial charge is 0.461 e. The molecule has 122 valence electrons. The van der Waals surface area contributed by atoms with Crippen molar-refractivity contribution in [2.75, 3.05) is 19.7 Å². The van der Waals surface area contributed by atoms with E-state index >= 15 is 0 Å². The van der Waals surface area contributed by atoms with Gasteiger partial charge in [0.1, 0.15) is 12.7 Å². The first-order valence-corrected chi connectivity index (χ1v) is 7.85. The van der Waals surface area contributed by atoms with Gasteiger partial charge in [-0.05, 0) is 32.8 Å². The standard InChI is InChI=1S/C16H23NO5/c1-9-14(18)21-8-11-4-6-17-7-5-12(13(11)17)22-15(19)10(2)16(9,3)20/h4,9-10,12-13,20H,5-8H2,1-3H3. The molecular formula is C16H23NO5. The summed E-state index contributed by atoms with van der Waals surface area (Å²) in [6.07, 6.45) is 2.58. The van der Waals surface area contributed by atoms with Crippen molar-refractivity contribution in [2.24, 2.45) is 11.8 Å². The van der Waals surface area contributed by atoms with Crippen molar-refractivity contribution in [3.05, 3.63) is 11.6 Å². The average Bonchev–Trinajstić information content (AvgIpc) is 3.05. The first-order valence-electron chi connectivity index (χ1n) is 7.85. The molecule has 1 N–H and O–H groups in total. The van der Waals surface area contributed by atoms with Gasteiger partial charge in [-0.15, -0.1) is 0 Å². The van der Waals surface area contributed by atoms with Crippen LogP contribution in [-0.4, -0.2) is 59.4 Å². The number of hydrogen-bond acceptors (Lipinski definition) is 6. The Morgan fingerprint density at radius 3 is 2.68 bits per heavy atom. The fourth-order valence-corrected chi connectivity index (χ4v) is 3.51. The number of nitrogens with zero attached hydrogens (tertiary/aromatic N) is 1. The molecule has 3 rings (SSSR count). The van der Waals surface area contributed by atoms with Gasteiger partial charge in [0.2, 0.25) is 0 Å². The van der Waals surface area contributed by atoms with Gasteiger partial charge in [0.05, 0.1) is 23.5 Å². The Kier molecular flexibility index (Phi) is 3.77. The van der Waals surface area contributed by atoms with Crippen LogP contribution in [0.1, 0.15) is 27.2 Å². The monoisotopic (exact) mass is 309 g/mol. The minimum atomic E-state index is -1.50. The minimum absolute atomic E-state index is 0.00213. The second kappa shape index (κ2) is 5.35. The van der Waals surface area contributed by atoms with E-state index in [9.17, 15) is 14.7 Å². The second-order valence-electron chi connectivity index (χ2n) is 6.76. The molecule has 2 saturated heterocycles. The van der Waals surface area contributed by atoms with Gasteiger partial charge in [0, 0.05) is 13.1 Å². The number of rotatable bonds is 0. The first kappa shape index (κ1) is 15.5. The number of carbonyl (C=O) groups is 2. The van der Waals surface area contributed by atoms with E-state index in [-0.39, 0.29) is 18.8 Å². The molecule has 3 aliphatic heterocycles. The third kappa shape index (κ3) is 2.34. The molecule has 22 heavy (non-hydrogen) atoms. The lowest BCUT2D eigenvalue weighted by Crippen LogP contribution is -2.48. The predicted molar refractivity (Wildman–Crippen MR) is 77.9 cm³/mol. The Labute approximate surface area is 130 Å². The normalized spacial score (nSPS) is 43.0. The van der Waals surface area contributed by atoms with E-state index in [0.29, 0.717) is 0 Å². The fraction of sp³-hybridized carbons (Fsp3) is 0.750. The zero-order valence-corrected chi connectivity index (χ0v) is 13.2. The summed E-state index contributed by atoms with van der Waals surface area (Å²) in [5.41, 5.74) is -0.509. The zero-order valence-electron chi connectivity index (χ0n) is 13.2. The molecule has 3 aliphatic rings. The van der Waals surface area contributed by atoms with E-state index in [4.69, 9.17) is 9.47 Å². The van der Waals surface area contributed by atoms with Gasteiger partial charge in [-0.3, -0.25) is 14.5 Å². The highest BCUT2D eigenvalue weighted by Gasteiger charge is 2.48. The lowest BCUT2D eigenvalue weighted by Gasteiger charge is -2.33.